The molecule has 7 heteroatoms. The van der Waals surface area contributed by atoms with Crippen molar-refractivity contribution >= 4 is 39.1 Å². The first-order chi connectivity index (χ1) is 12.2. The van der Waals surface area contributed by atoms with E-state index in [1.807, 2.05) is 0 Å². The van der Waals surface area contributed by atoms with Crippen molar-refractivity contribution in [3.05, 3.63) is 23.2 Å². The molecule has 0 spiro atoms. The number of anilines is 1. The summed E-state index contributed by atoms with van der Waals surface area (Å²) in [6.45, 7) is -2.93. The van der Waals surface area contributed by atoms with Gasteiger partial charge in [0.25, 0.3) is 0 Å². The van der Waals surface area contributed by atoms with Crippen molar-refractivity contribution in [3.8, 4) is 5.75 Å². The maximum Gasteiger partial charge on any atom is 0.387 e. The molecule has 1 aromatic rings. The Labute approximate surface area is 164 Å². The van der Waals surface area contributed by atoms with E-state index in [1.54, 1.807) is 0 Å². The van der Waals surface area contributed by atoms with Crippen LogP contribution in [0.25, 0.3) is 0 Å². The van der Waals surface area contributed by atoms with Crippen molar-refractivity contribution in [2.24, 2.45) is 17.3 Å². The van der Waals surface area contributed by atoms with Gasteiger partial charge in [0, 0.05) is 16.4 Å². The lowest BCUT2D eigenvalue weighted by Crippen LogP contribution is -2.53. The van der Waals surface area contributed by atoms with Crippen molar-refractivity contribution in [1.82, 2.24) is 0 Å². The van der Waals surface area contributed by atoms with Crippen molar-refractivity contribution in [3.63, 3.8) is 0 Å². The molecule has 2 unspecified atom stereocenters. The molecule has 4 aliphatic carbocycles. The normalized spacial score (nSPS) is 35.0. The minimum Gasteiger partial charge on any atom is -0.433 e. The molecule has 4 atom stereocenters. The van der Waals surface area contributed by atoms with Crippen LogP contribution in [0.5, 0.6) is 5.75 Å². The number of benzene rings is 1. The van der Waals surface area contributed by atoms with E-state index in [0.29, 0.717) is 12.1 Å². The van der Waals surface area contributed by atoms with Gasteiger partial charge in [0.2, 0.25) is 5.91 Å². The number of hydrogen-bond acceptors (Lipinski definition) is 2. The molecule has 4 fully saturated rings. The Morgan fingerprint density at radius 2 is 2.00 bits per heavy atom. The van der Waals surface area contributed by atoms with Crippen molar-refractivity contribution in [1.29, 1.82) is 0 Å². The Morgan fingerprint density at radius 3 is 2.58 bits per heavy atom. The third kappa shape index (κ3) is 3.72. The molecule has 26 heavy (non-hydrogen) atoms. The second kappa shape index (κ2) is 6.62. The Kier molecular flexibility index (Phi) is 4.71. The minimum atomic E-state index is -2.93. The topological polar surface area (TPSA) is 38.3 Å². The smallest absolute Gasteiger partial charge is 0.387 e. The number of carbonyl (C=O) groups is 1. The average molecular weight is 449 g/mol. The molecule has 0 aromatic heterocycles. The number of carbonyl (C=O) groups excluding carboxylic acids is 1. The molecule has 0 radical (unpaired) electrons. The van der Waals surface area contributed by atoms with Crippen molar-refractivity contribution < 1.29 is 18.3 Å². The zero-order valence-electron chi connectivity index (χ0n) is 14.2. The Morgan fingerprint density at radius 1 is 1.31 bits per heavy atom. The Bertz CT molecular complexity index is 715. The maximum atomic E-state index is 12.7. The fourth-order valence-electron chi connectivity index (χ4n) is 5.86. The zero-order valence-corrected chi connectivity index (χ0v) is 16.6. The Balaban J connectivity index is 1.42. The van der Waals surface area contributed by atoms with Gasteiger partial charge in [-0.05, 0) is 74.0 Å². The van der Waals surface area contributed by atoms with Gasteiger partial charge in [-0.15, -0.1) is 0 Å². The molecule has 0 saturated heterocycles. The van der Waals surface area contributed by atoms with Crippen LogP contribution in [-0.2, 0) is 4.79 Å². The highest BCUT2D eigenvalue weighted by Crippen LogP contribution is 2.65. The lowest BCUT2D eigenvalue weighted by Gasteiger charge is -2.60. The van der Waals surface area contributed by atoms with E-state index in [0.717, 1.165) is 31.1 Å². The van der Waals surface area contributed by atoms with E-state index in [1.165, 1.54) is 37.5 Å². The number of alkyl halides is 3. The maximum absolute atomic E-state index is 12.7. The summed E-state index contributed by atoms with van der Waals surface area (Å²) in [5, 5.41) is 2.92. The monoisotopic (exact) mass is 447 g/mol. The SMILES string of the molecule is O=C(CC12C[C@@H]3C[C@@H](CC(Br)(C3)C1)C2)Nc1ccc(OC(F)F)c(Cl)c1. The molecular formula is C19H21BrClF2NO2. The van der Waals surface area contributed by atoms with E-state index in [9.17, 15) is 13.6 Å². The lowest BCUT2D eigenvalue weighted by molar-refractivity contribution is -0.123. The van der Waals surface area contributed by atoms with Gasteiger partial charge in [-0.3, -0.25) is 4.79 Å². The summed E-state index contributed by atoms with van der Waals surface area (Å²) in [7, 11) is 0. The second-order valence-corrected chi connectivity index (χ2v) is 10.4. The van der Waals surface area contributed by atoms with Gasteiger partial charge in [-0.2, -0.15) is 8.78 Å². The summed E-state index contributed by atoms with van der Waals surface area (Å²) in [6.07, 6.45) is 7.58. The second-order valence-electron chi connectivity index (χ2n) is 8.36. The van der Waals surface area contributed by atoms with Crippen LogP contribution in [0.2, 0.25) is 5.02 Å². The van der Waals surface area contributed by atoms with Gasteiger partial charge in [0.15, 0.2) is 0 Å². The predicted molar refractivity (Wildman–Crippen MR) is 100 cm³/mol. The molecule has 4 aliphatic rings. The number of halogens is 4. The van der Waals surface area contributed by atoms with Gasteiger partial charge in [0.05, 0.1) is 5.02 Å². The molecule has 1 N–H and O–H groups in total. The summed E-state index contributed by atoms with van der Waals surface area (Å²) >= 11 is 9.92. The highest BCUT2D eigenvalue weighted by Gasteiger charge is 2.57. The third-order valence-corrected chi connectivity index (χ3v) is 7.30. The van der Waals surface area contributed by atoms with Crippen LogP contribution in [0.3, 0.4) is 0 Å². The summed E-state index contributed by atoms with van der Waals surface area (Å²) in [4.78, 5) is 12.7. The van der Waals surface area contributed by atoms with Gasteiger partial charge in [-0.1, -0.05) is 27.5 Å². The summed E-state index contributed by atoms with van der Waals surface area (Å²) in [6, 6.07) is 4.33. The molecule has 1 amide bonds. The minimum absolute atomic E-state index is 0.0401. The van der Waals surface area contributed by atoms with Gasteiger partial charge >= 0.3 is 6.61 Å². The van der Waals surface area contributed by atoms with Crippen molar-refractivity contribution in [2.75, 3.05) is 5.32 Å². The molecular weight excluding hydrogens is 428 g/mol. The van der Waals surface area contributed by atoms with E-state index in [4.69, 9.17) is 11.6 Å². The van der Waals surface area contributed by atoms with Crippen LogP contribution in [0.15, 0.2) is 18.2 Å². The van der Waals surface area contributed by atoms with Crippen molar-refractivity contribution in [2.45, 2.75) is 55.9 Å². The highest BCUT2D eigenvalue weighted by atomic mass is 79.9. The molecule has 4 bridgehead atoms. The first-order valence-electron chi connectivity index (χ1n) is 8.97. The number of hydrogen-bond donors (Lipinski definition) is 1. The van der Waals surface area contributed by atoms with E-state index < -0.39 is 6.61 Å². The fourth-order valence-corrected chi connectivity index (χ4v) is 7.59. The van der Waals surface area contributed by atoms with Crippen LogP contribution in [0.1, 0.15) is 44.9 Å². The summed E-state index contributed by atoms with van der Waals surface area (Å²) in [5.41, 5.74) is 0.583. The standard InChI is InChI=1S/C19H21BrClF2NO2/c20-19-7-11-3-12(8-19)6-18(5-11,10-19)9-16(25)24-13-1-2-15(14(21)4-13)26-17(22)23/h1-2,4,11-12,17H,3,5-10H2,(H,24,25)/t11-,12+,18?,19?. The molecule has 0 heterocycles. The third-order valence-electron chi connectivity index (χ3n) is 6.08. The Hall–Kier alpha value is -0.880. The first-order valence-corrected chi connectivity index (χ1v) is 10.1. The largest absolute Gasteiger partial charge is 0.433 e. The molecule has 3 nitrogen and oxygen atoms in total. The number of amides is 1. The van der Waals surface area contributed by atoms with Crippen LogP contribution in [0.4, 0.5) is 14.5 Å². The molecule has 5 rings (SSSR count). The first kappa shape index (κ1) is 18.5. The van der Waals surface area contributed by atoms with Gasteiger partial charge in [0.1, 0.15) is 5.75 Å². The lowest BCUT2D eigenvalue weighted by atomic mass is 9.48. The fraction of sp³-hybridized carbons (Fsp3) is 0.632. The van der Waals surface area contributed by atoms with E-state index in [2.05, 4.69) is 26.0 Å². The zero-order chi connectivity index (χ0) is 18.5. The number of rotatable bonds is 5. The quantitative estimate of drug-likeness (QED) is 0.561. The van der Waals surface area contributed by atoms with Crippen LogP contribution in [0, 0.1) is 17.3 Å². The number of ether oxygens (including phenoxy) is 1. The molecule has 0 aliphatic heterocycles. The van der Waals surface area contributed by atoms with Crippen LogP contribution >= 0.6 is 27.5 Å². The van der Waals surface area contributed by atoms with E-state index in [-0.39, 0.29) is 26.4 Å². The highest BCUT2D eigenvalue weighted by molar-refractivity contribution is 9.10. The molecule has 4 saturated carbocycles. The van der Waals surface area contributed by atoms with Gasteiger partial charge < -0.3 is 10.1 Å². The molecule has 1 aromatic carbocycles. The van der Waals surface area contributed by atoms with Crippen LogP contribution < -0.4 is 10.1 Å². The molecule has 142 valence electrons. The average Bonchev–Trinajstić information content (AvgIpc) is 2.46. The van der Waals surface area contributed by atoms with E-state index >= 15 is 0 Å². The summed E-state index contributed by atoms with van der Waals surface area (Å²) < 4.78 is 29.1. The number of nitrogens with one attached hydrogen (secondary N) is 1. The summed E-state index contributed by atoms with van der Waals surface area (Å²) in [5.74, 6) is 1.32. The predicted octanol–water partition coefficient (Wildman–Crippen LogP) is 6.00. The van der Waals surface area contributed by atoms with Gasteiger partial charge in [-0.25, -0.2) is 0 Å². The van der Waals surface area contributed by atoms with Crippen LogP contribution in [-0.4, -0.2) is 16.8 Å².